The quantitative estimate of drug-likeness (QED) is 0.772. The molecule has 0 fully saturated rings. The first-order chi connectivity index (χ1) is 7.11. The van der Waals surface area contributed by atoms with Gasteiger partial charge in [-0.3, -0.25) is 0 Å². The van der Waals surface area contributed by atoms with E-state index in [4.69, 9.17) is 27.9 Å². The van der Waals surface area contributed by atoms with Gasteiger partial charge in [-0.25, -0.2) is 4.79 Å². The van der Waals surface area contributed by atoms with Gasteiger partial charge in [0.2, 0.25) is 0 Å². The third kappa shape index (κ3) is 2.62. The number of hydrogen-bond acceptors (Lipinski definition) is 3. The van der Waals surface area contributed by atoms with Gasteiger partial charge in [-0.2, -0.15) is 0 Å². The van der Waals surface area contributed by atoms with Crippen molar-refractivity contribution in [1.29, 1.82) is 0 Å². The van der Waals surface area contributed by atoms with Crippen LogP contribution in [0.5, 0.6) is 0 Å². The average Bonchev–Trinajstić information content (AvgIpc) is 2.23. The van der Waals surface area contributed by atoms with Crippen molar-refractivity contribution < 1.29 is 14.3 Å². The molecule has 0 spiro atoms. The molecule has 0 aromatic heterocycles. The molecule has 0 radical (unpaired) electrons. The lowest BCUT2D eigenvalue weighted by molar-refractivity contribution is 0.0600. The number of rotatable bonds is 3. The molecule has 0 saturated heterocycles. The van der Waals surface area contributed by atoms with Crippen LogP contribution in [0.3, 0.4) is 0 Å². The van der Waals surface area contributed by atoms with Crippen molar-refractivity contribution in [3.05, 3.63) is 33.3 Å². The Hall–Kier alpha value is -0.770. The number of hydrogen-bond donors (Lipinski definition) is 0. The summed E-state index contributed by atoms with van der Waals surface area (Å²) >= 11 is 11.9. The van der Waals surface area contributed by atoms with Gasteiger partial charge in [0.15, 0.2) is 0 Å². The van der Waals surface area contributed by atoms with E-state index < -0.39 is 5.97 Å². The number of benzene rings is 1. The molecule has 0 bridgehead atoms. The van der Waals surface area contributed by atoms with E-state index in [1.807, 2.05) is 0 Å². The molecule has 0 atom stereocenters. The molecule has 0 aliphatic carbocycles. The second-order valence-corrected chi connectivity index (χ2v) is 3.60. The largest absolute Gasteiger partial charge is 0.465 e. The molecule has 82 valence electrons. The molecule has 0 N–H and O–H groups in total. The standard InChI is InChI=1S/C10H10Cl2O3/c1-14-5-7-8(11)4-3-6(9(7)12)10(13)15-2/h3-4H,5H2,1-2H3. The third-order valence-corrected chi connectivity index (χ3v) is 2.67. The van der Waals surface area contributed by atoms with E-state index in [0.717, 1.165) is 0 Å². The predicted octanol–water partition coefficient (Wildman–Crippen LogP) is 2.93. The Bertz CT molecular complexity index is 377. The molecule has 1 aromatic rings. The first kappa shape index (κ1) is 12.3. The summed E-state index contributed by atoms with van der Waals surface area (Å²) in [5.41, 5.74) is 0.874. The number of carbonyl (C=O) groups excluding carboxylic acids is 1. The summed E-state index contributed by atoms with van der Waals surface area (Å²) in [5.74, 6) is -0.492. The fraction of sp³-hybridized carbons (Fsp3) is 0.300. The predicted molar refractivity (Wildman–Crippen MR) is 58.5 cm³/mol. The minimum Gasteiger partial charge on any atom is -0.465 e. The summed E-state index contributed by atoms with van der Waals surface area (Å²) in [7, 11) is 2.82. The minimum atomic E-state index is -0.492. The molecule has 0 unspecified atom stereocenters. The van der Waals surface area contributed by atoms with Crippen LogP contribution in [-0.2, 0) is 16.1 Å². The summed E-state index contributed by atoms with van der Waals surface area (Å²) < 4.78 is 9.52. The maximum absolute atomic E-state index is 11.3. The molecular weight excluding hydrogens is 239 g/mol. The highest BCUT2D eigenvalue weighted by Crippen LogP contribution is 2.29. The van der Waals surface area contributed by atoms with E-state index in [1.165, 1.54) is 20.3 Å². The van der Waals surface area contributed by atoms with E-state index in [0.29, 0.717) is 10.6 Å². The monoisotopic (exact) mass is 248 g/mol. The van der Waals surface area contributed by atoms with Crippen molar-refractivity contribution in [2.45, 2.75) is 6.61 Å². The van der Waals surface area contributed by atoms with Crippen molar-refractivity contribution in [3.8, 4) is 0 Å². The molecule has 0 amide bonds. The lowest BCUT2D eigenvalue weighted by Gasteiger charge is -2.09. The fourth-order valence-electron chi connectivity index (χ4n) is 1.14. The number of halogens is 2. The molecule has 0 aliphatic rings. The van der Waals surface area contributed by atoms with Crippen molar-refractivity contribution >= 4 is 29.2 Å². The summed E-state index contributed by atoms with van der Waals surface area (Å²) in [6.45, 7) is 0.252. The molecule has 0 aliphatic heterocycles. The number of carbonyl (C=O) groups is 1. The van der Waals surface area contributed by atoms with Gasteiger partial charge < -0.3 is 9.47 Å². The van der Waals surface area contributed by atoms with Crippen molar-refractivity contribution in [2.75, 3.05) is 14.2 Å². The van der Waals surface area contributed by atoms with Gasteiger partial charge in [-0.15, -0.1) is 0 Å². The van der Waals surface area contributed by atoms with Crippen molar-refractivity contribution in [3.63, 3.8) is 0 Å². The van der Waals surface area contributed by atoms with Crippen LogP contribution in [-0.4, -0.2) is 20.2 Å². The Kier molecular flexibility index (Phi) is 4.39. The zero-order valence-electron chi connectivity index (χ0n) is 8.34. The Morgan fingerprint density at radius 2 is 2.00 bits per heavy atom. The van der Waals surface area contributed by atoms with Gasteiger partial charge in [-0.05, 0) is 12.1 Å². The van der Waals surface area contributed by atoms with Crippen LogP contribution >= 0.6 is 23.2 Å². The van der Waals surface area contributed by atoms with E-state index in [9.17, 15) is 4.79 Å². The fourth-order valence-corrected chi connectivity index (χ4v) is 1.70. The highest BCUT2D eigenvalue weighted by molar-refractivity contribution is 6.37. The molecule has 3 nitrogen and oxygen atoms in total. The summed E-state index contributed by atoms with van der Waals surface area (Å²) in [5, 5.41) is 0.741. The smallest absolute Gasteiger partial charge is 0.339 e. The SMILES string of the molecule is COCc1c(Cl)ccc(C(=O)OC)c1Cl. The topological polar surface area (TPSA) is 35.5 Å². The van der Waals surface area contributed by atoms with Gasteiger partial charge in [0, 0.05) is 17.7 Å². The first-order valence-electron chi connectivity index (χ1n) is 4.16. The van der Waals surface area contributed by atoms with Crippen LogP contribution in [0.1, 0.15) is 15.9 Å². The van der Waals surface area contributed by atoms with Crippen LogP contribution < -0.4 is 0 Å². The van der Waals surface area contributed by atoms with E-state index in [1.54, 1.807) is 6.07 Å². The Balaban J connectivity index is 3.21. The van der Waals surface area contributed by atoms with Gasteiger partial charge >= 0.3 is 5.97 Å². The highest BCUT2D eigenvalue weighted by atomic mass is 35.5. The summed E-state index contributed by atoms with van der Waals surface area (Å²) in [4.78, 5) is 11.3. The normalized spacial score (nSPS) is 10.1. The van der Waals surface area contributed by atoms with Crippen LogP contribution in [0.2, 0.25) is 10.0 Å². The van der Waals surface area contributed by atoms with Crippen LogP contribution in [0.15, 0.2) is 12.1 Å². The van der Waals surface area contributed by atoms with E-state index in [2.05, 4.69) is 4.74 Å². The van der Waals surface area contributed by atoms with E-state index in [-0.39, 0.29) is 17.2 Å². The summed E-state index contributed by atoms with van der Waals surface area (Å²) in [6.07, 6.45) is 0. The molecule has 1 aromatic carbocycles. The third-order valence-electron chi connectivity index (χ3n) is 1.88. The zero-order valence-corrected chi connectivity index (χ0v) is 9.85. The molecule has 15 heavy (non-hydrogen) atoms. The second kappa shape index (κ2) is 5.35. The average molecular weight is 249 g/mol. The van der Waals surface area contributed by atoms with Gasteiger partial charge in [0.05, 0.1) is 24.3 Å². The molecule has 5 heteroatoms. The lowest BCUT2D eigenvalue weighted by Crippen LogP contribution is -2.04. The maximum atomic E-state index is 11.3. The Morgan fingerprint density at radius 3 is 2.53 bits per heavy atom. The lowest BCUT2D eigenvalue weighted by atomic mass is 10.1. The van der Waals surface area contributed by atoms with Crippen molar-refractivity contribution in [1.82, 2.24) is 0 Å². The molecule has 0 saturated carbocycles. The van der Waals surface area contributed by atoms with Crippen LogP contribution in [0.4, 0.5) is 0 Å². The Morgan fingerprint density at radius 1 is 1.33 bits per heavy atom. The zero-order chi connectivity index (χ0) is 11.4. The molecular formula is C10H10Cl2O3. The van der Waals surface area contributed by atoms with Crippen LogP contribution in [0.25, 0.3) is 0 Å². The first-order valence-corrected chi connectivity index (χ1v) is 4.91. The van der Waals surface area contributed by atoms with Gasteiger partial charge in [-0.1, -0.05) is 23.2 Å². The minimum absolute atomic E-state index is 0.252. The Labute approximate surface area is 97.9 Å². The van der Waals surface area contributed by atoms with E-state index >= 15 is 0 Å². The molecule has 0 heterocycles. The van der Waals surface area contributed by atoms with Crippen LogP contribution in [0, 0.1) is 0 Å². The van der Waals surface area contributed by atoms with Gasteiger partial charge in [0.25, 0.3) is 0 Å². The number of ether oxygens (including phenoxy) is 2. The van der Waals surface area contributed by atoms with Crippen molar-refractivity contribution in [2.24, 2.45) is 0 Å². The second-order valence-electron chi connectivity index (χ2n) is 2.81. The highest BCUT2D eigenvalue weighted by Gasteiger charge is 2.16. The maximum Gasteiger partial charge on any atom is 0.339 e. The molecule has 1 rings (SSSR count). The van der Waals surface area contributed by atoms with Gasteiger partial charge in [0.1, 0.15) is 0 Å². The number of esters is 1. The summed E-state index contributed by atoms with van der Waals surface area (Å²) in [6, 6.07) is 3.11. The number of methoxy groups -OCH3 is 2.